The molecule has 1 fully saturated rings. The highest BCUT2D eigenvalue weighted by atomic mass is 16.2. The zero-order valence-corrected chi connectivity index (χ0v) is 12.9. The van der Waals surface area contributed by atoms with Crippen LogP contribution in [0.25, 0.3) is 10.9 Å². The molecule has 0 saturated heterocycles. The Morgan fingerprint density at radius 2 is 1.86 bits per heavy atom. The standard InChI is InChI=1S/C17H21N3O2/c1-10-7-11(2)9-12(8-10)15(21)19-17-18-14-6-4-3-5-13(14)16(22)20-17/h3-6,10-12H,7-9H2,1-2H3,(H2,18,19,20,21,22). The Kier molecular flexibility index (Phi) is 3.96. The number of para-hydroxylation sites is 1. The van der Waals surface area contributed by atoms with Gasteiger partial charge in [-0.2, -0.15) is 0 Å². The van der Waals surface area contributed by atoms with Gasteiger partial charge in [-0.05, 0) is 43.2 Å². The lowest BCUT2D eigenvalue weighted by molar-refractivity contribution is -0.121. The summed E-state index contributed by atoms with van der Waals surface area (Å²) < 4.78 is 0. The molecule has 1 saturated carbocycles. The van der Waals surface area contributed by atoms with Gasteiger partial charge in [0.25, 0.3) is 5.56 Å². The van der Waals surface area contributed by atoms with E-state index in [0.717, 1.165) is 12.8 Å². The average Bonchev–Trinajstić information content (AvgIpc) is 2.46. The van der Waals surface area contributed by atoms with Crippen molar-refractivity contribution in [3.8, 4) is 0 Å². The number of aromatic amines is 1. The van der Waals surface area contributed by atoms with E-state index in [1.165, 1.54) is 6.42 Å². The number of carbonyl (C=O) groups is 1. The van der Waals surface area contributed by atoms with Crippen LogP contribution in [-0.4, -0.2) is 15.9 Å². The van der Waals surface area contributed by atoms with Gasteiger partial charge in [0.15, 0.2) is 0 Å². The van der Waals surface area contributed by atoms with Crippen LogP contribution in [0.1, 0.15) is 33.1 Å². The van der Waals surface area contributed by atoms with Crippen LogP contribution in [0.15, 0.2) is 29.1 Å². The molecule has 1 aromatic carbocycles. The summed E-state index contributed by atoms with van der Waals surface area (Å²) in [6.45, 7) is 4.37. The van der Waals surface area contributed by atoms with Crippen molar-refractivity contribution in [2.24, 2.45) is 17.8 Å². The topological polar surface area (TPSA) is 74.8 Å². The van der Waals surface area contributed by atoms with E-state index < -0.39 is 0 Å². The number of hydrogen-bond acceptors (Lipinski definition) is 3. The molecule has 1 heterocycles. The first kappa shape index (κ1) is 14.8. The summed E-state index contributed by atoms with van der Waals surface area (Å²) in [5, 5.41) is 3.31. The number of benzene rings is 1. The first-order chi connectivity index (χ1) is 10.5. The van der Waals surface area contributed by atoms with Gasteiger partial charge in [-0.25, -0.2) is 4.98 Å². The summed E-state index contributed by atoms with van der Waals surface area (Å²) in [5.74, 6) is 1.30. The summed E-state index contributed by atoms with van der Waals surface area (Å²) in [5.41, 5.74) is 0.359. The lowest BCUT2D eigenvalue weighted by atomic mass is 9.76. The number of H-pyrrole nitrogens is 1. The van der Waals surface area contributed by atoms with Gasteiger partial charge in [0.2, 0.25) is 11.9 Å². The molecule has 2 atom stereocenters. The molecule has 116 valence electrons. The third-order valence-corrected chi connectivity index (χ3v) is 4.40. The average molecular weight is 299 g/mol. The highest BCUT2D eigenvalue weighted by molar-refractivity contribution is 5.92. The van der Waals surface area contributed by atoms with Crippen molar-refractivity contribution in [2.75, 3.05) is 5.32 Å². The molecule has 1 aliphatic rings. The van der Waals surface area contributed by atoms with E-state index in [9.17, 15) is 9.59 Å². The van der Waals surface area contributed by atoms with Crippen LogP contribution in [0, 0.1) is 17.8 Å². The molecule has 5 heteroatoms. The van der Waals surface area contributed by atoms with E-state index in [-0.39, 0.29) is 23.3 Å². The van der Waals surface area contributed by atoms with Crippen molar-refractivity contribution in [1.29, 1.82) is 0 Å². The molecule has 2 N–H and O–H groups in total. The number of hydrogen-bond donors (Lipinski definition) is 2. The third-order valence-electron chi connectivity index (χ3n) is 4.40. The van der Waals surface area contributed by atoms with Crippen molar-refractivity contribution < 1.29 is 4.79 Å². The van der Waals surface area contributed by atoms with E-state index in [4.69, 9.17) is 0 Å². The molecule has 3 rings (SSSR count). The smallest absolute Gasteiger partial charge is 0.260 e. The van der Waals surface area contributed by atoms with Gasteiger partial charge in [-0.15, -0.1) is 0 Å². The van der Waals surface area contributed by atoms with Crippen LogP contribution in [0.5, 0.6) is 0 Å². The molecule has 0 bridgehead atoms. The molecule has 2 unspecified atom stereocenters. The largest absolute Gasteiger partial charge is 0.296 e. The van der Waals surface area contributed by atoms with Gasteiger partial charge >= 0.3 is 0 Å². The maximum Gasteiger partial charge on any atom is 0.260 e. The van der Waals surface area contributed by atoms with Gasteiger partial charge < -0.3 is 0 Å². The molecule has 1 amide bonds. The second-order valence-electron chi connectivity index (χ2n) is 6.54. The number of anilines is 1. The number of fused-ring (bicyclic) bond motifs is 1. The fraction of sp³-hybridized carbons (Fsp3) is 0.471. The number of amides is 1. The number of nitrogens with zero attached hydrogens (tertiary/aromatic N) is 1. The lowest BCUT2D eigenvalue weighted by Crippen LogP contribution is -2.31. The number of nitrogens with one attached hydrogen (secondary N) is 2. The summed E-state index contributed by atoms with van der Waals surface area (Å²) in [6, 6.07) is 7.11. The molecule has 0 radical (unpaired) electrons. The van der Waals surface area contributed by atoms with Crippen molar-refractivity contribution in [2.45, 2.75) is 33.1 Å². The maximum atomic E-state index is 12.4. The zero-order chi connectivity index (χ0) is 15.7. The van der Waals surface area contributed by atoms with E-state index in [1.54, 1.807) is 18.2 Å². The minimum atomic E-state index is -0.230. The molecule has 1 aromatic heterocycles. The normalized spacial score (nSPS) is 25.1. The lowest BCUT2D eigenvalue weighted by Gasteiger charge is -2.30. The van der Waals surface area contributed by atoms with Crippen LogP contribution < -0.4 is 10.9 Å². The van der Waals surface area contributed by atoms with Gasteiger partial charge in [0.1, 0.15) is 0 Å². The van der Waals surface area contributed by atoms with E-state index in [2.05, 4.69) is 29.1 Å². The summed E-state index contributed by atoms with van der Waals surface area (Å²) in [6.07, 6.45) is 2.97. The minimum absolute atomic E-state index is 0.00415. The Morgan fingerprint density at radius 3 is 2.59 bits per heavy atom. The Balaban J connectivity index is 1.81. The molecule has 2 aromatic rings. The fourth-order valence-electron chi connectivity index (χ4n) is 3.53. The van der Waals surface area contributed by atoms with Gasteiger partial charge in [-0.1, -0.05) is 26.0 Å². The van der Waals surface area contributed by atoms with Crippen LogP contribution in [0.4, 0.5) is 5.95 Å². The number of aromatic nitrogens is 2. The summed E-state index contributed by atoms with van der Waals surface area (Å²) in [7, 11) is 0. The van der Waals surface area contributed by atoms with Crippen molar-refractivity contribution in [3.63, 3.8) is 0 Å². The summed E-state index contributed by atoms with van der Waals surface area (Å²) in [4.78, 5) is 31.4. The highest BCUT2D eigenvalue weighted by Gasteiger charge is 2.29. The predicted molar refractivity (Wildman–Crippen MR) is 86.7 cm³/mol. The van der Waals surface area contributed by atoms with Crippen molar-refractivity contribution in [3.05, 3.63) is 34.6 Å². The quantitative estimate of drug-likeness (QED) is 0.895. The monoisotopic (exact) mass is 299 g/mol. The molecular weight excluding hydrogens is 278 g/mol. The Hall–Kier alpha value is -2.17. The first-order valence-electron chi connectivity index (χ1n) is 7.83. The Morgan fingerprint density at radius 1 is 1.18 bits per heavy atom. The van der Waals surface area contributed by atoms with Gasteiger partial charge in [-0.3, -0.25) is 19.9 Å². The van der Waals surface area contributed by atoms with Crippen LogP contribution in [0.3, 0.4) is 0 Å². The molecule has 0 spiro atoms. The number of carbonyl (C=O) groups excluding carboxylic acids is 1. The van der Waals surface area contributed by atoms with Crippen LogP contribution in [-0.2, 0) is 4.79 Å². The molecule has 5 nitrogen and oxygen atoms in total. The van der Waals surface area contributed by atoms with E-state index in [1.807, 2.05) is 6.07 Å². The number of rotatable bonds is 2. The molecule has 1 aliphatic carbocycles. The van der Waals surface area contributed by atoms with E-state index in [0.29, 0.717) is 22.7 Å². The maximum absolute atomic E-state index is 12.4. The second-order valence-corrected chi connectivity index (χ2v) is 6.54. The molecular formula is C17H21N3O2. The molecule has 22 heavy (non-hydrogen) atoms. The second kappa shape index (κ2) is 5.91. The van der Waals surface area contributed by atoms with Crippen molar-refractivity contribution in [1.82, 2.24) is 9.97 Å². The highest BCUT2D eigenvalue weighted by Crippen LogP contribution is 2.33. The predicted octanol–water partition coefficient (Wildman–Crippen LogP) is 2.93. The van der Waals surface area contributed by atoms with Crippen molar-refractivity contribution >= 4 is 22.8 Å². The third kappa shape index (κ3) is 3.03. The Bertz CT molecular complexity index is 743. The van der Waals surface area contributed by atoms with Gasteiger partial charge in [0, 0.05) is 5.92 Å². The van der Waals surface area contributed by atoms with Crippen LogP contribution >= 0.6 is 0 Å². The SMILES string of the molecule is CC1CC(C)CC(C(=O)Nc2nc3ccccc3c(=O)[nH]2)C1. The minimum Gasteiger partial charge on any atom is -0.296 e. The van der Waals surface area contributed by atoms with Gasteiger partial charge in [0.05, 0.1) is 10.9 Å². The van der Waals surface area contributed by atoms with Crippen LogP contribution in [0.2, 0.25) is 0 Å². The first-order valence-corrected chi connectivity index (χ1v) is 7.83. The Labute approximate surface area is 129 Å². The molecule has 0 aliphatic heterocycles. The zero-order valence-electron chi connectivity index (χ0n) is 12.9. The summed E-state index contributed by atoms with van der Waals surface area (Å²) >= 11 is 0. The fourth-order valence-corrected chi connectivity index (χ4v) is 3.53. The van der Waals surface area contributed by atoms with E-state index >= 15 is 0 Å².